The third-order valence-electron chi connectivity index (χ3n) is 6.41. The van der Waals surface area contributed by atoms with E-state index in [9.17, 15) is 9.18 Å². The molecule has 2 aromatic heterocycles. The SMILES string of the molecule is Cn1c(=O)c(-c2ccc(F)cc2)c(-c2ccnc(NCc3ccc(N)cc3)n2)n1C1CCNCC1. The van der Waals surface area contributed by atoms with Crippen LogP contribution in [0.1, 0.15) is 24.4 Å². The highest BCUT2D eigenvalue weighted by molar-refractivity contribution is 5.79. The van der Waals surface area contributed by atoms with Gasteiger partial charge in [0, 0.05) is 25.5 Å². The molecule has 1 aliphatic heterocycles. The van der Waals surface area contributed by atoms with Gasteiger partial charge in [-0.1, -0.05) is 24.3 Å². The first-order chi connectivity index (χ1) is 17.0. The first-order valence-electron chi connectivity index (χ1n) is 11.7. The summed E-state index contributed by atoms with van der Waals surface area (Å²) in [7, 11) is 1.78. The zero-order valence-electron chi connectivity index (χ0n) is 19.5. The summed E-state index contributed by atoms with van der Waals surface area (Å²) >= 11 is 0. The van der Waals surface area contributed by atoms with Crippen molar-refractivity contribution in [1.82, 2.24) is 24.6 Å². The van der Waals surface area contributed by atoms with Gasteiger partial charge < -0.3 is 16.4 Å². The Kier molecular flexibility index (Phi) is 6.33. The molecule has 9 heteroatoms. The molecule has 0 bridgehead atoms. The number of nitrogens with one attached hydrogen (secondary N) is 2. The van der Waals surface area contributed by atoms with Crippen LogP contribution in [0.2, 0.25) is 0 Å². The number of benzene rings is 2. The van der Waals surface area contributed by atoms with Gasteiger partial charge in [-0.05, 0) is 67.4 Å². The molecule has 0 spiro atoms. The van der Waals surface area contributed by atoms with Gasteiger partial charge in [0.15, 0.2) is 0 Å². The van der Waals surface area contributed by atoms with Crippen LogP contribution in [0.5, 0.6) is 0 Å². The molecule has 0 radical (unpaired) electrons. The van der Waals surface area contributed by atoms with Crippen molar-refractivity contribution in [2.75, 3.05) is 24.1 Å². The number of rotatable bonds is 6. The second-order valence-corrected chi connectivity index (χ2v) is 8.75. The predicted molar refractivity (Wildman–Crippen MR) is 135 cm³/mol. The number of nitrogen functional groups attached to an aromatic ring is 1. The lowest BCUT2D eigenvalue weighted by atomic mass is 10.0. The zero-order valence-corrected chi connectivity index (χ0v) is 19.5. The minimum absolute atomic E-state index is 0.138. The minimum Gasteiger partial charge on any atom is -0.399 e. The molecule has 2 aromatic carbocycles. The molecule has 0 aliphatic carbocycles. The Morgan fingerprint density at radius 3 is 2.51 bits per heavy atom. The van der Waals surface area contributed by atoms with Gasteiger partial charge >= 0.3 is 0 Å². The number of piperidine rings is 1. The van der Waals surface area contributed by atoms with Crippen molar-refractivity contribution in [3.8, 4) is 22.5 Å². The summed E-state index contributed by atoms with van der Waals surface area (Å²) in [5.41, 5.74) is 9.91. The molecule has 5 rings (SSSR count). The average molecular weight is 474 g/mol. The van der Waals surface area contributed by atoms with Crippen LogP contribution in [-0.2, 0) is 13.6 Å². The second kappa shape index (κ2) is 9.71. The van der Waals surface area contributed by atoms with Gasteiger partial charge in [-0.3, -0.25) is 14.2 Å². The summed E-state index contributed by atoms with van der Waals surface area (Å²) in [5.74, 6) is 0.110. The fourth-order valence-corrected chi connectivity index (χ4v) is 4.62. The Balaban J connectivity index is 1.59. The molecule has 0 atom stereocenters. The molecule has 180 valence electrons. The van der Waals surface area contributed by atoms with Crippen LogP contribution in [0, 0.1) is 5.82 Å². The number of halogens is 1. The summed E-state index contributed by atoms with van der Waals surface area (Å²) in [6.07, 6.45) is 3.47. The normalized spacial score (nSPS) is 14.2. The minimum atomic E-state index is -0.346. The standard InChI is InChI=1S/C26H28FN7O/c1-33-25(35)23(18-4-6-19(27)7-5-18)24(34(33)21-10-13-29-14-11-21)22-12-15-30-26(32-22)31-16-17-2-8-20(28)9-3-17/h2-9,12,15,21,29H,10-11,13-14,16,28H2,1H3,(H,30,31,32). The molecule has 3 heterocycles. The van der Waals surface area contributed by atoms with E-state index < -0.39 is 0 Å². The van der Waals surface area contributed by atoms with Crippen LogP contribution < -0.4 is 21.9 Å². The maximum atomic E-state index is 13.7. The Hall–Kier alpha value is -3.98. The van der Waals surface area contributed by atoms with Crippen LogP contribution in [0.15, 0.2) is 65.6 Å². The summed E-state index contributed by atoms with van der Waals surface area (Å²) in [6, 6.07) is 15.6. The summed E-state index contributed by atoms with van der Waals surface area (Å²) in [6.45, 7) is 2.28. The van der Waals surface area contributed by atoms with Gasteiger partial charge in [0.2, 0.25) is 5.95 Å². The Bertz CT molecular complexity index is 1370. The molecule has 1 aliphatic rings. The number of nitrogens with two attached hydrogens (primary N) is 1. The molecule has 1 saturated heterocycles. The van der Waals surface area contributed by atoms with Crippen LogP contribution in [-0.4, -0.2) is 32.4 Å². The molecular formula is C26H28FN7O. The van der Waals surface area contributed by atoms with E-state index in [0.29, 0.717) is 40.7 Å². The van der Waals surface area contributed by atoms with E-state index in [1.165, 1.54) is 12.1 Å². The Morgan fingerprint density at radius 2 is 1.80 bits per heavy atom. The van der Waals surface area contributed by atoms with Gasteiger partial charge in [-0.15, -0.1) is 0 Å². The quantitative estimate of drug-likeness (QED) is 0.370. The van der Waals surface area contributed by atoms with Crippen molar-refractivity contribution >= 4 is 11.6 Å². The van der Waals surface area contributed by atoms with Gasteiger partial charge in [0.1, 0.15) is 5.82 Å². The molecular weight excluding hydrogens is 445 g/mol. The molecule has 1 fully saturated rings. The highest BCUT2D eigenvalue weighted by Crippen LogP contribution is 2.34. The van der Waals surface area contributed by atoms with E-state index in [1.54, 1.807) is 30.1 Å². The van der Waals surface area contributed by atoms with E-state index in [-0.39, 0.29) is 17.4 Å². The van der Waals surface area contributed by atoms with Crippen LogP contribution in [0.25, 0.3) is 22.5 Å². The van der Waals surface area contributed by atoms with Crippen molar-refractivity contribution in [3.63, 3.8) is 0 Å². The lowest BCUT2D eigenvalue weighted by molar-refractivity contribution is 0.313. The van der Waals surface area contributed by atoms with Crippen molar-refractivity contribution in [2.45, 2.75) is 25.4 Å². The summed E-state index contributed by atoms with van der Waals surface area (Å²) in [5, 5.41) is 6.64. The van der Waals surface area contributed by atoms with Gasteiger partial charge in [0.25, 0.3) is 5.56 Å². The highest BCUT2D eigenvalue weighted by atomic mass is 19.1. The van der Waals surface area contributed by atoms with E-state index >= 15 is 0 Å². The molecule has 0 amide bonds. The Labute approximate surface area is 202 Å². The van der Waals surface area contributed by atoms with Crippen LogP contribution in [0.3, 0.4) is 0 Å². The molecule has 0 saturated carbocycles. The molecule has 4 N–H and O–H groups in total. The zero-order chi connectivity index (χ0) is 24.4. The average Bonchev–Trinajstić information content (AvgIpc) is 3.15. The third-order valence-corrected chi connectivity index (χ3v) is 6.41. The summed E-state index contributed by atoms with van der Waals surface area (Å²) in [4.78, 5) is 22.7. The third kappa shape index (κ3) is 4.67. The lowest BCUT2D eigenvalue weighted by Gasteiger charge is -2.27. The highest BCUT2D eigenvalue weighted by Gasteiger charge is 2.27. The largest absolute Gasteiger partial charge is 0.399 e. The van der Waals surface area contributed by atoms with E-state index in [2.05, 4.69) is 15.6 Å². The first-order valence-corrected chi connectivity index (χ1v) is 11.7. The Morgan fingerprint density at radius 1 is 1.09 bits per heavy atom. The smallest absolute Gasteiger partial charge is 0.274 e. The lowest BCUT2D eigenvalue weighted by Crippen LogP contribution is -2.33. The maximum Gasteiger partial charge on any atom is 0.274 e. The van der Waals surface area contributed by atoms with Crippen molar-refractivity contribution in [2.24, 2.45) is 7.05 Å². The topological polar surface area (TPSA) is 103 Å². The van der Waals surface area contributed by atoms with E-state index in [1.807, 2.05) is 35.0 Å². The number of hydrogen-bond donors (Lipinski definition) is 3. The number of aromatic nitrogens is 4. The van der Waals surface area contributed by atoms with Gasteiger partial charge in [0.05, 0.1) is 23.0 Å². The second-order valence-electron chi connectivity index (χ2n) is 8.75. The summed E-state index contributed by atoms with van der Waals surface area (Å²) < 4.78 is 17.4. The van der Waals surface area contributed by atoms with E-state index in [4.69, 9.17) is 10.7 Å². The van der Waals surface area contributed by atoms with Gasteiger partial charge in [-0.25, -0.2) is 14.4 Å². The monoisotopic (exact) mass is 473 g/mol. The molecule has 0 unspecified atom stereocenters. The van der Waals surface area contributed by atoms with Crippen LogP contribution in [0.4, 0.5) is 16.0 Å². The number of hydrogen-bond acceptors (Lipinski definition) is 6. The van der Waals surface area contributed by atoms with E-state index in [0.717, 1.165) is 31.5 Å². The molecule has 35 heavy (non-hydrogen) atoms. The van der Waals surface area contributed by atoms with Crippen LogP contribution >= 0.6 is 0 Å². The first kappa shape index (κ1) is 22.8. The molecule has 4 aromatic rings. The number of anilines is 2. The predicted octanol–water partition coefficient (Wildman–Crippen LogP) is 3.57. The molecule has 8 nitrogen and oxygen atoms in total. The van der Waals surface area contributed by atoms with Crippen molar-refractivity contribution in [3.05, 3.63) is 82.5 Å². The van der Waals surface area contributed by atoms with Crippen molar-refractivity contribution < 1.29 is 4.39 Å². The fourth-order valence-electron chi connectivity index (χ4n) is 4.62. The number of nitrogens with zero attached hydrogens (tertiary/aromatic N) is 4. The van der Waals surface area contributed by atoms with Crippen molar-refractivity contribution in [1.29, 1.82) is 0 Å². The fraction of sp³-hybridized carbons (Fsp3) is 0.269. The van der Waals surface area contributed by atoms with Gasteiger partial charge in [-0.2, -0.15) is 0 Å². The maximum absolute atomic E-state index is 13.7.